The molecule has 0 aliphatic carbocycles. The van der Waals surface area contributed by atoms with Crippen LogP contribution in [0.4, 0.5) is 0 Å². The van der Waals surface area contributed by atoms with Gasteiger partial charge in [0, 0.05) is 19.6 Å². The first-order valence-electron chi connectivity index (χ1n) is 5.31. The van der Waals surface area contributed by atoms with Crippen LogP contribution in [-0.4, -0.2) is 57.6 Å². The van der Waals surface area contributed by atoms with Crippen LogP contribution in [0, 0.1) is 0 Å². The number of carbonyl (C=O) groups excluding carboxylic acids is 1. The number of hydrogen-bond donors (Lipinski definition) is 2. The van der Waals surface area contributed by atoms with Gasteiger partial charge in [-0.25, -0.2) is 8.42 Å². The first kappa shape index (κ1) is 16.6. The minimum atomic E-state index is -3.28. The monoisotopic (exact) mass is 285 g/mol. The van der Waals surface area contributed by atoms with E-state index in [1.807, 2.05) is 0 Å². The van der Waals surface area contributed by atoms with E-state index in [4.69, 9.17) is 0 Å². The van der Waals surface area contributed by atoms with E-state index in [9.17, 15) is 13.2 Å². The summed E-state index contributed by atoms with van der Waals surface area (Å²) in [6.45, 7) is 1.62. The Morgan fingerprint density at radius 2 is 2.18 bits per heavy atom. The summed E-state index contributed by atoms with van der Waals surface area (Å²) in [5, 5.41) is 5.99. The molecule has 0 aromatic carbocycles. The van der Waals surface area contributed by atoms with E-state index in [-0.39, 0.29) is 30.9 Å². The molecule has 1 atom stereocenters. The fourth-order valence-electron chi connectivity index (χ4n) is 1.57. The number of amides is 1. The maximum atomic E-state index is 11.5. The number of sulfonamides is 1. The predicted molar refractivity (Wildman–Crippen MR) is 68.8 cm³/mol. The average molecular weight is 286 g/mol. The zero-order valence-electron chi connectivity index (χ0n) is 10.1. The van der Waals surface area contributed by atoms with E-state index in [0.717, 1.165) is 36.5 Å². The second-order valence-electron chi connectivity index (χ2n) is 4.13. The Kier molecular flexibility index (Phi) is 6.99. The Morgan fingerprint density at radius 3 is 2.65 bits per heavy atom. The van der Waals surface area contributed by atoms with Gasteiger partial charge < -0.3 is 10.6 Å². The van der Waals surface area contributed by atoms with Crippen LogP contribution in [-0.2, 0) is 14.8 Å². The van der Waals surface area contributed by atoms with Crippen molar-refractivity contribution >= 4 is 28.3 Å². The first-order chi connectivity index (χ1) is 7.39. The van der Waals surface area contributed by atoms with Gasteiger partial charge in [-0.15, -0.1) is 12.4 Å². The second kappa shape index (κ2) is 7.15. The van der Waals surface area contributed by atoms with E-state index in [1.165, 1.54) is 7.05 Å². The van der Waals surface area contributed by atoms with E-state index in [1.54, 1.807) is 0 Å². The van der Waals surface area contributed by atoms with Crippen molar-refractivity contribution in [2.45, 2.75) is 18.9 Å². The zero-order valence-corrected chi connectivity index (χ0v) is 11.7. The third-order valence-corrected chi connectivity index (χ3v) is 3.86. The van der Waals surface area contributed by atoms with Gasteiger partial charge in [-0.05, 0) is 19.4 Å². The summed E-state index contributed by atoms with van der Waals surface area (Å²) in [7, 11) is -1.88. The minimum absolute atomic E-state index is 0. The normalized spacial score (nSPS) is 20.8. The van der Waals surface area contributed by atoms with Crippen LogP contribution >= 0.6 is 12.4 Å². The molecule has 0 radical (unpaired) electrons. The Bertz CT molecular complexity index is 341. The van der Waals surface area contributed by atoms with Gasteiger partial charge in [0.15, 0.2) is 0 Å². The SMILES string of the molecule is CN(CC(=O)NC1CCCNC1)S(C)(=O)=O.Cl. The Morgan fingerprint density at radius 1 is 1.53 bits per heavy atom. The van der Waals surface area contributed by atoms with Crippen molar-refractivity contribution in [2.75, 3.05) is 32.9 Å². The molecule has 6 nitrogen and oxygen atoms in total. The molecule has 1 heterocycles. The summed E-state index contributed by atoms with van der Waals surface area (Å²) in [6.07, 6.45) is 3.07. The molecule has 1 aliphatic rings. The van der Waals surface area contributed by atoms with E-state index >= 15 is 0 Å². The molecule has 0 spiro atoms. The maximum Gasteiger partial charge on any atom is 0.235 e. The van der Waals surface area contributed by atoms with Gasteiger partial charge in [0.1, 0.15) is 0 Å². The van der Waals surface area contributed by atoms with E-state index in [2.05, 4.69) is 10.6 Å². The van der Waals surface area contributed by atoms with Crippen molar-refractivity contribution in [1.82, 2.24) is 14.9 Å². The lowest BCUT2D eigenvalue weighted by Crippen LogP contribution is -2.48. The summed E-state index contributed by atoms with van der Waals surface area (Å²) in [6, 6.07) is 0.120. The van der Waals surface area contributed by atoms with Crippen LogP contribution in [0.5, 0.6) is 0 Å². The van der Waals surface area contributed by atoms with Gasteiger partial charge in [-0.1, -0.05) is 0 Å². The predicted octanol–water partition coefficient (Wildman–Crippen LogP) is -0.832. The number of halogens is 1. The van der Waals surface area contributed by atoms with Crippen molar-refractivity contribution in [3.8, 4) is 0 Å². The summed E-state index contributed by atoms with van der Waals surface area (Å²) >= 11 is 0. The highest BCUT2D eigenvalue weighted by molar-refractivity contribution is 7.88. The standard InChI is InChI=1S/C9H19N3O3S.ClH/c1-12(16(2,14)15)7-9(13)11-8-4-3-5-10-6-8;/h8,10H,3-7H2,1-2H3,(H,11,13);1H. The van der Waals surface area contributed by atoms with Crippen molar-refractivity contribution in [3.05, 3.63) is 0 Å². The van der Waals surface area contributed by atoms with Crippen LogP contribution in [0.3, 0.4) is 0 Å². The van der Waals surface area contributed by atoms with Gasteiger partial charge in [-0.2, -0.15) is 4.31 Å². The fraction of sp³-hybridized carbons (Fsp3) is 0.889. The lowest BCUT2D eigenvalue weighted by Gasteiger charge is -2.24. The topological polar surface area (TPSA) is 78.5 Å². The summed E-state index contributed by atoms with van der Waals surface area (Å²) in [5.41, 5.74) is 0. The van der Waals surface area contributed by atoms with E-state index < -0.39 is 10.0 Å². The molecule has 102 valence electrons. The molecule has 0 aromatic heterocycles. The average Bonchev–Trinajstić information content (AvgIpc) is 2.17. The molecule has 0 saturated carbocycles. The van der Waals surface area contributed by atoms with Crippen LogP contribution in [0.15, 0.2) is 0 Å². The highest BCUT2D eigenvalue weighted by Gasteiger charge is 2.19. The second-order valence-corrected chi connectivity index (χ2v) is 6.22. The van der Waals surface area contributed by atoms with Crippen LogP contribution < -0.4 is 10.6 Å². The molecule has 1 aliphatic heterocycles. The number of rotatable bonds is 4. The van der Waals surface area contributed by atoms with Gasteiger partial charge in [0.2, 0.25) is 15.9 Å². The molecule has 1 fully saturated rings. The van der Waals surface area contributed by atoms with Crippen molar-refractivity contribution in [2.24, 2.45) is 0 Å². The molecule has 8 heteroatoms. The number of carbonyl (C=O) groups is 1. The number of likely N-dealkylation sites (N-methyl/N-ethyl adjacent to an activating group) is 1. The van der Waals surface area contributed by atoms with Gasteiger partial charge in [0.25, 0.3) is 0 Å². The minimum Gasteiger partial charge on any atom is -0.351 e. The van der Waals surface area contributed by atoms with E-state index in [0.29, 0.717) is 0 Å². The van der Waals surface area contributed by atoms with Crippen molar-refractivity contribution in [1.29, 1.82) is 0 Å². The molecule has 1 rings (SSSR count). The quantitative estimate of drug-likeness (QED) is 0.707. The molecule has 0 bridgehead atoms. The van der Waals surface area contributed by atoms with Crippen LogP contribution in [0.2, 0.25) is 0 Å². The molecular formula is C9H20ClN3O3S. The van der Waals surface area contributed by atoms with Gasteiger partial charge >= 0.3 is 0 Å². The molecule has 1 unspecified atom stereocenters. The maximum absolute atomic E-state index is 11.5. The van der Waals surface area contributed by atoms with Gasteiger partial charge in [0.05, 0.1) is 12.8 Å². The van der Waals surface area contributed by atoms with Crippen molar-refractivity contribution in [3.63, 3.8) is 0 Å². The Hall–Kier alpha value is -0.370. The molecule has 0 aromatic rings. The molecule has 2 N–H and O–H groups in total. The summed E-state index contributed by atoms with van der Waals surface area (Å²) in [4.78, 5) is 11.5. The molecule has 1 amide bonds. The molecule has 1 saturated heterocycles. The van der Waals surface area contributed by atoms with Crippen LogP contribution in [0.1, 0.15) is 12.8 Å². The third kappa shape index (κ3) is 6.21. The third-order valence-electron chi connectivity index (χ3n) is 2.59. The zero-order chi connectivity index (χ0) is 12.2. The Balaban J connectivity index is 0.00000256. The lowest BCUT2D eigenvalue weighted by atomic mass is 10.1. The summed E-state index contributed by atoms with van der Waals surface area (Å²) < 4.78 is 23.2. The highest BCUT2D eigenvalue weighted by Crippen LogP contribution is 2.01. The molecular weight excluding hydrogens is 266 g/mol. The Labute approximate surface area is 109 Å². The first-order valence-corrected chi connectivity index (χ1v) is 7.16. The number of hydrogen-bond acceptors (Lipinski definition) is 4. The fourth-order valence-corrected chi connectivity index (χ4v) is 1.92. The van der Waals surface area contributed by atoms with Gasteiger partial charge in [-0.3, -0.25) is 4.79 Å². The highest BCUT2D eigenvalue weighted by atomic mass is 35.5. The lowest BCUT2D eigenvalue weighted by molar-refractivity contribution is -0.121. The molecule has 17 heavy (non-hydrogen) atoms. The smallest absolute Gasteiger partial charge is 0.235 e. The number of nitrogens with zero attached hydrogens (tertiary/aromatic N) is 1. The largest absolute Gasteiger partial charge is 0.351 e. The summed E-state index contributed by atoms with van der Waals surface area (Å²) in [5.74, 6) is -0.248. The number of piperidine rings is 1. The number of nitrogens with one attached hydrogen (secondary N) is 2. The van der Waals surface area contributed by atoms with Crippen LogP contribution in [0.25, 0.3) is 0 Å². The van der Waals surface area contributed by atoms with Crippen molar-refractivity contribution < 1.29 is 13.2 Å².